The summed E-state index contributed by atoms with van der Waals surface area (Å²) in [6, 6.07) is 7.62. The van der Waals surface area contributed by atoms with E-state index in [9.17, 15) is 31.2 Å². The first-order valence-corrected chi connectivity index (χ1v) is 13.6. The van der Waals surface area contributed by atoms with Crippen LogP contribution < -0.4 is 9.62 Å². The maximum atomic E-state index is 13.5. The molecule has 0 aliphatic rings. The van der Waals surface area contributed by atoms with Gasteiger partial charge >= 0.3 is 6.18 Å². The van der Waals surface area contributed by atoms with E-state index in [1.54, 1.807) is 45.0 Å². The predicted octanol–water partition coefficient (Wildman–Crippen LogP) is 5.11. The van der Waals surface area contributed by atoms with Crippen LogP contribution >= 0.6 is 23.2 Å². The van der Waals surface area contributed by atoms with Crippen molar-refractivity contribution < 1.29 is 31.2 Å². The summed E-state index contributed by atoms with van der Waals surface area (Å²) in [5.41, 5.74) is -1.72. The molecule has 7 nitrogen and oxygen atoms in total. The average molecular weight is 582 g/mol. The molecule has 0 unspecified atom stereocenters. The zero-order chi connectivity index (χ0) is 28.3. The Hall–Kier alpha value is -2.50. The number of carbonyl (C=O) groups excluding carboxylic acids is 2. The molecule has 204 valence electrons. The van der Waals surface area contributed by atoms with Crippen LogP contribution in [0.4, 0.5) is 18.9 Å². The molecule has 0 aromatic heterocycles. The van der Waals surface area contributed by atoms with Crippen molar-refractivity contribution in [3.63, 3.8) is 0 Å². The first-order chi connectivity index (χ1) is 16.8. The quantitative estimate of drug-likeness (QED) is 0.469. The summed E-state index contributed by atoms with van der Waals surface area (Å²) < 4.78 is 65.7. The molecule has 1 N–H and O–H groups in total. The molecule has 37 heavy (non-hydrogen) atoms. The van der Waals surface area contributed by atoms with Crippen LogP contribution in [0.15, 0.2) is 42.5 Å². The molecule has 2 amide bonds. The van der Waals surface area contributed by atoms with Crippen LogP contribution in [-0.4, -0.2) is 49.5 Å². The second-order valence-electron chi connectivity index (χ2n) is 9.50. The number of sulfonamides is 1. The van der Waals surface area contributed by atoms with Gasteiger partial charge in [0.2, 0.25) is 21.8 Å². The van der Waals surface area contributed by atoms with Gasteiger partial charge in [-0.05, 0) is 63.6 Å². The van der Waals surface area contributed by atoms with Gasteiger partial charge in [-0.15, -0.1) is 0 Å². The van der Waals surface area contributed by atoms with Gasteiger partial charge in [-0.25, -0.2) is 8.42 Å². The Bertz CT molecular complexity index is 1260. The molecule has 0 saturated carbocycles. The highest BCUT2D eigenvalue weighted by Crippen LogP contribution is 2.36. The molecule has 0 aliphatic carbocycles. The molecule has 0 saturated heterocycles. The van der Waals surface area contributed by atoms with Crippen LogP contribution in [0.3, 0.4) is 0 Å². The fourth-order valence-electron chi connectivity index (χ4n) is 3.36. The van der Waals surface area contributed by atoms with Crippen molar-refractivity contribution >= 4 is 50.7 Å². The molecule has 0 bridgehead atoms. The van der Waals surface area contributed by atoms with Gasteiger partial charge in [0.15, 0.2) is 0 Å². The molecule has 0 aliphatic heterocycles. The van der Waals surface area contributed by atoms with Crippen molar-refractivity contribution in [2.45, 2.75) is 52.0 Å². The van der Waals surface area contributed by atoms with Crippen molar-refractivity contribution in [3.05, 3.63) is 63.6 Å². The smallest absolute Gasteiger partial charge is 0.350 e. The third-order valence-corrected chi connectivity index (χ3v) is 6.81. The number of benzene rings is 2. The minimum Gasteiger partial charge on any atom is -0.350 e. The highest BCUT2D eigenvalue weighted by atomic mass is 35.5. The van der Waals surface area contributed by atoms with E-state index in [2.05, 4.69) is 5.32 Å². The van der Waals surface area contributed by atoms with Crippen LogP contribution in [0.5, 0.6) is 0 Å². The highest BCUT2D eigenvalue weighted by Gasteiger charge is 2.35. The Morgan fingerprint density at radius 3 is 2.19 bits per heavy atom. The Kier molecular flexibility index (Phi) is 9.54. The van der Waals surface area contributed by atoms with Crippen LogP contribution in [-0.2, 0) is 32.3 Å². The third kappa shape index (κ3) is 8.79. The Labute approximate surface area is 224 Å². The van der Waals surface area contributed by atoms with Gasteiger partial charge in [0.1, 0.15) is 12.6 Å². The maximum absolute atomic E-state index is 13.5. The average Bonchev–Trinajstić information content (AvgIpc) is 2.73. The number of hydrogen-bond acceptors (Lipinski definition) is 4. The third-order valence-electron chi connectivity index (χ3n) is 5.13. The van der Waals surface area contributed by atoms with E-state index in [-0.39, 0.29) is 11.6 Å². The molecule has 1 atom stereocenters. The predicted molar refractivity (Wildman–Crippen MR) is 138 cm³/mol. The van der Waals surface area contributed by atoms with E-state index in [1.165, 1.54) is 6.92 Å². The number of nitrogens with one attached hydrogen (secondary N) is 1. The van der Waals surface area contributed by atoms with Crippen molar-refractivity contribution in [1.82, 2.24) is 10.2 Å². The van der Waals surface area contributed by atoms with Gasteiger partial charge in [0.25, 0.3) is 0 Å². The van der Waals surface area contributed by atoms with Gasteiger partial charge in [-0.1, -0.05) is 35.3 Å². The molecule has 0 radical (unpaired) electrons. The standard InChI is InChI=1S/C24H28Cl2F3N3O4S/c1-15(22(34)30-23(2,3)4)31(13-16-7-6-8-18(25)11-16)21(33)14-32(37(5,35)36)20-12-17(24(27,28)29)9-10-19(20)26/h6-12,15H,13-14H2,1-5H3,(H,30,34)/t15-/m1/s1. The molecule has 0 heterocycles. The molecule has 2 aromatic carbocycles. The Morgan fingerprint density at radius 1 is 1.05 bits per heavy atom. The SMILES string of the molecule is C[C@H](C(=O)NC(C)(C)C)N(Cc1cccc(Cl)c1)C(=O)CN(c1cc(C(F)(F)F)ccc1Cl)S(C)(=O)=O. The number of rotatable bonds is 8. The second-order valence-corrected chi connectivity index (χ2v) is 12.3. The molecular formula is C24H28Cl2F3N3O4S. The fourth-order valence-corrected chi connectivity index (χ4v) is 4.70. The zero-order valence-corrected chi connectivity index (χ0v) is 23.2. The normalized spacial score (nSPS) is 13.1. The topological polar surface area (TPSA) is 86.8 Å². The number of carbonyl (C=O) groups is 2. The number of amides is 2. The lowest BCUT2D eigenvalue weighted by atomic mass is 10.1. The van der Waals surface area contributed by atoms with Gasteiger partial charge < -0.3 is 10.2 Å². The van der Waals surface area contributed by atoms with Gasteiger partial charge in [0.05, 0.1) is 22.5 Å². The van der Waals surface area contributed by atoms with Crippen LogP contribution in [0.25, 0.3) is 0 Å². The molecule has 2 rings (SSSR count). The Morgan fingerprint density at radius 2 is 1.68 bits per heavy atom. The van der Waals surface area contributed by atoms with E-state index in [0.717, 1.165) is 17.2 Å². The van der Waals surface area contributed by atoms with Crippen molar-refractivity contribution in [2.75, 3.05) is 17.1 Å². The summed E-state index contributed by atoms with van der Waals surface area (Å²) in [5, 5.41) is 2.84. The van der Waals surface area contributed by atoms with Crippen molar-refractivity contribution in [1.29, 1.82) is 0 Å². The van der Waals surface area contributed by atoms with E-state index in [0.29, 0.717) is 27.0 Å². The molecule has 2 aromatic rings. The number of halogens is 5. The van der Waals surface area contributed by atoms with E-state index < -0.39 is 57.4 Å². The van der Waals surface area contributed by atoms with Gasteiger partial charge in [0, 0.05) is 17.1 Å². The fraction of sp³-hybridized carbons (Fsp3) is 0.417. The van der Waals surface area contributed by atoms with Crippen LogP contribution in [0.2, 0.25) is 10.0 Å². The monoisotopic (exact) mass is 581 g/mol. The summed E-state index contributed by atoms with van der Waals surface area (Å²) in [7, 11) is -4.27. The minimum atomic E-state index is -4.77. The van der Waals surface area contributed by atoms with Crippen LogP contribution in [0, 0.1) is 0 Å². The molecular weight excluding hydrogens is 554 g/mol. The highest BCUT2D eigenvalue weighted by molar-refractivity contribution is 7.92. The summed E-state index contributed by atoms with van der Waals surface area (Å²) in [4.78, 5) is 27.6. The first-order valence-electron chi connectivity index (χ1n) is 11.0. The van der Waals surface area contributed by atoms with E-state index in [4.69, 9.17) is 23.2 Å². The van der Waals surface area contributed by atoms with E-state index >= 15 is 0 Å². The first kappa shape index (κ1) is 30.7. The summed E-state index contributed by atoms with van der Waals surface area (Å²) in [6.07, 6.45) is -4.03. The number of alkyl halides is 3. The number of hydrogen-bond donors (Lipinski definition) is 1. The summed E-state index contributed by atoms with van der Waals surface area (Å²) in [5.74, 6) is -1.35. The minimum absolute atomic E-state index is 0.119. The molecule has 13 heteroatoms. The molecule has 0 fully saturated rings. The van der Waals surface area contributed by atoms with Crippen molar-refractivity contribution in [3.8, 4) is 0 Å². The number of nitrogens with zero attached hydrogens (tertiary/aromatic N) is 2. The summed E-state index contributed by atoms with van der Waals surface area (Å²) >= 11 is 12.1. The van der Waals surface area contributed by atoms with Crippen LogP contribution in [0.1, 0.15) is 38.8 Å². The largest absolute Gasteiger partial charge is 0.416 e. The van der Waals surface area contributed by atoms with E-state index in [1.807, 2.05) is 0 Å². The van der Waals surface area contributed by atoms with Gasteiger partial charge in [-0.3, -0.25) is 13.9 Å². The lowest BCUT2D eigenvalue weighted by Crippen LogP contribution is -2.54. The van der Waals surface area contributed by atoms with Crippen molar-refractivity contribution in [2.24, 2.45) is 0 Å². The molecule has 0 spiro atoms. The maximum Gasteiger partial charge on any atom is 0.416 e. The second kappa shape index (κ2) is 11.5. The lowest BCUT2D eigenvalue weighted by Gasteiger charge is -2.33. The zero-order valence-electron chi connectivity index (χ0n) is 20.9. The Balaban J connectivity index is 2.52. The summed E-state index contributed by atoms with van der Waals surface area (Å²) in [6.45, 7) is 5.70. The number of anilines is 1. The lowest BCUT2D eigenvalue weighted by molar-refractivity contribution is -0.140. The van der Waals surface area contributed by atoms with Gasteiger partial charge in [-0.2, -0.15) is 13.2 Å².